The highest BCUT2D eigenvalue weighted by Gasteiger charge is 2.09. The maximum absolute atomic E-state index is 11.2. The van der Waals surface area contributed by atoms with Crippen LogP contribution in [0.5, 0.6) is 11.5 Å². The maximum Gasteiger partial charge on any atom is 0.254 e. The van der Waals surface area contributed by atoms with E-state index in [4.69, 9.17) is 10.5 Å². The predicted octanol–water partition coefficient (Wildman–Crippen LogP) is 2.28. The molecule has 86 valence electrons. The van der Waals surface area contributed by atoms with Crippen molar-refractivity contribution in [2.24, 2.45) is 5.73 Å². The summed E-state index contributed by atoms with van der Waals surface area (Å²) in [5.41, 5.74) is 6.59. The third-order valence-corrected chi connectivity index (χ3v) is 2.26. The second kappa shape index (κ2) is 4.65. The van der Waals surface area contributed by atoms with E-state index in [1.54, 1.807) is 12.3 Å². The Hall–Kier alpha value is -2.36. The number of aryl methyl sites for hydroxylation is 1. The molecule has 0 aliphatic rings. The number of benzene rings is 1. The van der Waals surface area contributed by atoms with Crippen LogP contribution in [0, 0.1) is 6.92 Å². The Kier molecular flexibility index (Phi) is 3.05. The lowest BCUT2D eigenvalue weighted by Crippen LogP contribution is -2.12. The van der Waals surface area contributed by atoms with E-state index in [0.717, 1.165) is 5.56 Å². The number of primary amides is 1. The molecule has 4 nitrogen and oxygen atoms in total. The van der Waals surface area contributed by atoms with E-state index in [1.165, 1.54) is 6.20 Å². The monoisotopic (exact) mass is 228 g/mol. The van der Waals surface area contributed by atoms with Crippen molar-refractivity contribution in [2.45, 2.75) is 6.92 Å². The molecule has 0 atom stereocenters. The first-order chi connectivity index (χ1) is 8.16. The molecule has 2 aromatic rings. The Morgan fingerprint density at radius 2 is 2.18 bits per heavy atom. The number of carbonyl (C=O) groups excluding carboxylic acids is 1. The van der Waals surface area contributed by atoms with E-state index < -0.39 is 5.91 Å². The quantitative estimate of drug-likeness (QED) is 0.876. The summed E-state index contributed by atoms with van der Waals surface area (Å²) >= 11 is 0. The standard InChI is InChI=1S/C13H12N2O2/c1-9-3-2-4-10(7-9)17-12-5-6-15-8-11(12)13(14)16/h2-8H,1H3,(H2,14,16). The van der Waals surface area contributed by atoms with Gasteiger partial charge in [-0.1, -0.05) is 12.1 Å². The average Bonchev–Trinajstić information content (AvgIpc) is 2.29. The lowest BCUT2D eigenvalue weighted by atomic mass is 10.2. The number of carbonyl (C=O) groups is 1. The molecule has 0 aliphatic carbocycles. The number of pyridine rings is 1. The fourth-order valence-electron chi connectivity index (χ4n) is 1.46. The first-order valence-corrected chi connectivity index (χ1v) is 5.15. The van der Waals surface area contributed by atoms with E-state index in [9.17, 15) is 4.79 Å². The highest BCUT2D eigenvalue weighted by Crippen LogP contribution is 2.24. The largest absolute Gasteiger partial charge is 0.456 e. The van der Waals surface area contributed by atoms with Crippen molar-refractivity contribution in [1.82, 2.24) is 4.98 Å². The minimum absolute atomic E-state index is 0.272. The van der Waals surface area contributed by atoms with Crippen LogP contribution in [0.15, 0.2) is 42.7 Å². The molecular formula is C13H12N2O2. The number of amides is 1. The number of aromatic nitrogens is 1. The zero-order valence-electron chi connectivity index (χ0n) is 9.38. The van der Waals surface area contributed by atoms with E-state index in [0.29, 0.717) is 11.5 Å². The van der Waals surface area contributed by atoms with Crippen LogP contribution in [0.1, 0.15) is 15.9 Å². The molecule has 1 amide bonds. The molecule has 1 aromatic carbocycles. The summed E-state index contributed by atoms with van der Waals surface area (Å²) in [6.45, 7) is 1.97. The van der Waals surface area contributed by atoms with Crippen molar-refractivity contribution in [3.63, 3.8) is 0 Å². The summed E-state index contributed by atoms with van der Waals surface area (Å²) in [4.78, 5) is 15.0. The highest BCUT2D eigenvalue weighted by atomic mass is 16.5. The number of nitrogens with zero attached hydrogens (tertiary/aromatic N) is 1. The summed E-state index contributed by atoms with van der Waals surface area (Å²) in [7, 11) is 0. The SMILES string of the molecule is Cc1cccc(Oc2ccncc2C(N)=O)c1. The highest BCUT2D eigenvalue weighted by molar-refractivity contribution is 5.95. The van der Waals surface area contributed by atoms with E-state index in [1.807, 2.05) is 31.2 Å². The van der Waals surface area contributed by atoms with Crippen LogP contribution in [0.4, 0.5) is 0 Å². The minimum Gasteiger partial charge on any atom is -0.456 e. The fourth-order valence-corrected chi connectivity index (χ4v) is 1.46. The molecule has 1 aromatic heterocycles. The Morgan fingerprint density at radius 1 is 1.35 bits per heavy atom. The molecule has 0 spiro atoms. The molecule has 2 N–H and O–H groups in total. The Labute approximate surface area is 99.1 Å². The van der Waals surface area contributed by atoms with Crippen LogP contribution in [-0.4, -0.2) is 10.9 Å². The number of hydrogen-bond acceptors (Lipinski definition) is 3. The summed E-state index contributed by atoms with van der Waals surface area (Å²) < 4.78 is 5.61. The molecule has 0 aliphatic heterocycles. The summed E-state index contributed by atoms with van der Waals surface area (Å²) in [6.07, 6.45) is 2.95. The minimum atomic E-state index is -0.555. The van der Waals surface area contributed by atoms with Gasteiger partial charge in [0, 0.05) is 12.4 Å². The molecule has 2 rings (SSSR count). The third-order valence-electron chi connectivity index (χ3n) is 2.26. The molecule has 0 unspecified atom stereocenters. The van der Waals surface area contributed by atoms with Crippen molar-refractivity contribution in [2.75, 3.05) is 0 Å². The fraction of sp³-hybridized carbons (Fsp3) is 0.0769. The van der Waals surface area contributed by atoms with Gasteiger partial charge >= 0.3 is 0 Å². The van der Waals surface area contributed by atoms with E-state index in [-0.39, 0.29) is 5.56 Å². The third kappa shape index (κ3) is 2.60. The summed E-state index contributed by atoms with van der Waals surface area (Å²) in [6, 6.07) is 9.16. The average molecular weight is 228 g/mol. The number of nitrogens with two attached hydrogens (primary N) is 1. The lowest BCUT2D eigenvalue weighted by Gasteiger charge is -2.08. The van der Waals surface area contributed by atoms with Crippen molar-refractivity contribution < 1.29 is 9.53 Å². The van der Waals surface area contributed by atoms with Gasteiger partial charge in [-0.15, -0.1) is 0 Å². The number of rotatable bonds is 3. The van der Waals surface area contributed by atoms with E-state index in [2.05, 4.69) is 4.98 Å². The van der Waals surface area contributed by atoms with Crippen LogP contribution >= 0.6 is 0 Å². The molecule has 0 saturated heterocycles. The van der Waals surface area contributed by atoms with Crippen molar-refractivity contribution in [3.8, 4) is 11.5 Å². The lowest BCUT2D eigenvalue weighted by molar-refractivity contribution is 0.0997. The van der Waals surface area contributed by atoms with Crippen LogP contribution in [0.2, 0.25) is 0 Å². The molecule has 0 radical (unpaired) electrons. The zero-order chi connectivity index (χ0) is 12.3. The molecule has 1 heterocycles. The second-order valence-corrected chi connectivity index (χ2v) is 3.65. The van der Waals surface area contributed by atoms with Gasteiger partial charge in [-0.25, -0.2) is 0 Å². The van der Waals surface area contributed by atoms with Gasteiger partial charge in [0.1, 0.15) is 17.1 Å². The molecule has 4 heteroatoms. The second-order valence-electron chi connectivity index (χ2n) is 3.65. The smallest absolute Gasteiger partial charge is 0.254 e. The molecule has 0 saturated carbocycles. The number of hydrogen-bond donors (Lipinski definition) is 1. The van der Waals surface area contributed by atoms with Crippen LogP contribution < -0.4 is 10.5 Å². The molecule has 0 fully saturated rings. The zero-order valence-corrected chi connectivity index (χ0v) is 9.38. The van der Waals surface area contributed by atoms with Gasteiger partial charge in [-0.3, -0.25) is 9.78 Å². The first kappa shape index (κ1) is 11.1. The summed E-state index contributed by atoms with van der Waals surface area (Å²) in [5, 5.41) is 0. The molecule has 17 heavy (non-hydrogen) atoms. The normalized spacial score (nSPS) is 9.94. The van der Waals surface area contributed by atoms with Gasteiger partial charge in [0.2, 0.25) is 0 Å². The van der Waals surface area contributed by atoms with Gasteiger partial charge in [0.25, 0.3) is 5.91 Å². The van der Waals surface area contributed by atoms with Gasteiger partial charge < -0.3 is 10.5 Å². The van der Waals surface area contributed by atoms with Crippen LogP contribution in [0.25, 0.3) is 0 Å². The Bertz CT molecular complexity index is 553. The van der Waals surface area contributed by atoms with Gasteiger partial charge in [-0.2, -0.15) is 0 Å². The van der Waals surface area contributed by atoms with Crippen LogP contribution in [-0.2, 0) is 0 Å². The van der Waals surface area contributed by atoms with Crippen LogP contribution in [0.3, 0.4) is 0 Å². The number of ether oxygens (including phenoxy) is 1. The van der Waals surface area contributed by atoms with Crippen molar-refractivity contribution in [1.29, 1.82) is 0 Å². The van der Waals surface area contributed by atoms with Gasteiger partial charge in [-0.05, 0) is 30.7 Å². The molecular weight excluding hydrogens is 216 g/mol. The predicted molar refractivity (Wildman–Crippen MR) is 64.0 cm³/mol. The van der Waals surface area contributed by atoms with Gasteiger partial charge in [0.15, 0.2) is 0 Å². The summed E-state index contributed by atoms with van der Waals surface area (Å²) in [5.74, 6) is 0.526. The van der Waals surface area contributed by atoms with Crippen molar-refractivity contribution in [3.05, 3.63) is 53.9 Å². The first-order valence-electron chi connectivity index (χ1n) is 5.15. The maximum atomic E-state index is 11.2. The van der Waals surface area contributed by atoms with E-state index >= 15 is 0 Å². The Morgan fingerprint density at radius 3 is 2.88 bits per heavy atom. The van der Waals surface area contributed by atoms with Gasteiger partial charge in [0.05, 0.1) is 0 Å². The Balaban J connectivity index is 2.33. The molecule has 0 bridgehead atoms. The van der Waals surface area contributed by atoms with Crippen molar-refractivity contribution >= 4 is 5.91 Å². The topological polar surface area (TPSA) is 65.2 Å².